The Morgan fingerprint density at radius 3 is 2.82 bits per heavy atom. The van der Waals surface area contributed by atoms with Crippen LogP contribution in [0.5, 0.6) is 0 Å². The number of carbonyl (C=O) groups excluding carboxylic acids is 2. The van der Waals surface area contributed by atoms with E-state index in [-0.39, 0.29) is 24.3 Å². The quantitative estimate of drug-likeness (QED) is 0.942. The molecule has 22 heavy (non-hydrogen) atoms. The van der Waals surface area contributed by atoms with Crippen LogP contribution in [0.2, 0.25) is 0 Å². The Bertz CT molecular complexity index is 714. The third-order valence-electron chi connectivity index (χ3n) is 4.14. The van der Waals surface area contributed by atoms with E-state index < -0.39 is 0 Å². The number of rotatable bonds is 3. The van der Waals surface area contributed by atoms with Gasteiger partial charge in [0.2, 0.25) is 5.91 Å². The molecule has 5 nitrogen and oxygen atoms in total. The van der Waals surface area contributed by atoms with Crippen LogP contribution in [0.4, 0.5) is 0 Å². The van der Waals surface area contributed by atoms with Crippen LogP contribution in [0.1, 0.15) is 36.2 Å². The van der Waals surface area contributed by atoms with Gasteiger partial charge in [-0.3, -0.25) is 9.59 Å². The molecule has 0 unspecified atom stereocenters. The van der Waals surface area contributed by atoms with Gasteiger partial charge in [0, 0.05) is 24.4 Å². The molecule has 0 bridgehead atoms. The summed E-state index contributed by atoms with van der Waals surface area (Å²) in [4.78, 5) is 30.2. The second-order valence-electron chi connectivity index (χ2n) is 5.71. The molecule has 5 heteroatoms. The Balaban J connectivity index is 1.87. The number of para-hydroxylation sites is 1. The molecule has 2 heterocycles. The van der Waals surface area contributed by atoms with Gasteiger partial charge in [0.15, 0.2) is 0 Å². The molecule has 2 amide bonds. The number of piperidine rings is 1. The highest BCUT2D eigenvalue weighted by molar-refractivity contribution is 5.95. The van der Waals surface area contributed by atoms with Crippen molar-refractivity contribution in [1.29, 1.82) is 0 Å². The smallest absolute Gasteiger partial charge is 0.272 e. The van der Waals surface area contributed by atoms with Crippen molar-refractivity contribution < 1.29 is 9.59 Å². The van der Waals surface area contributed by atoms with Gasteiger partial charge < -0.3 is 10.6 Å². The zero-order valence-corrected chi connectivity index (χ0v) is 12.4. The summed E-state index contributed by atoms with van der Waals surface area (Å²) in [6.45, 7) is 0.658. The largest absolute Gasteiger partial charge is 0.370 e. The number of primary amides is 1. The summed E-state index contributed by atoms with van der Waals surface area (Å²) in [5, 5.41) is 1.01. The first kappa shape index (κ1) is 14.5. The third kappa shape index (κ3) is 2.93. The van der Waals surface area contributed by atoms with Gasteiger partial charge in [-0.1, -0.05) is 24.3 Å². The van der Waals surface area contributed by atoms with Gasteiger partial charge in [-0.05, 0) is 31.4 Å². The zero-order valence-electron chi connectivity index (χ0n) is 12.4. The molecular weight excluding hydrogens is 278 g/mol. The number of amides is 2. The number of pyridine rings is 1. The van der Waals surface area contributed by atoms with Crippen LogP contribution >= 0.6 is 0 Å². The topological polar surface area (TPSA) is 76.3 Å². The van der Waals surface area contributed by atoms with Gasteiger partial charge >= 0.3 is 0 Å². The molecule has 1 saturated heterocycles. The molecule has 2 N–H and O–H groups in total. The molecule has 1 fully saturated rings. The molecule has 1 aliphatic rings. The van der Waals surface area contributed by atoms with Gasteiger partial charge in [-0.15, -0.1) is 0 Å². The van der Waals surface area contributed by atoms with Crippen molar-refractivity contribution in [3.8, 4) is 0 Å². The monoisotopic (exact) mass is 297 g/mol. The van der Waals surface area contributed by atoms with Crippen molar-refractivity contribution in [2.75, 3.05) is 6.54 Å². The highest BCUT2D eigenvalue weighted by atomic mass is 16.2. The molecule has 2 aromatic rings. The number of aromatic nitrogens is 1. The lowest BCUT2D eigenvalue weighted by molar-refractivity contribution is -0.119. The highest BCUT2D eigenvalue weighted by Gasteiger charge is 2.29. The maximum absolute atomic E-state index is 12.7. The molecule has 1 aliphatic heterocycles. The lowest BCUT2D eigenvalue weighted by atomic mass is 9.98. The fourth-order valence-electron chi connectivity index (χ4n) is 3.04. The van der Waals surface area contributed by atoms with Crippen LogP contribution in [0.25, 0.3) is 10.9 Å². The Hall–Kier alpha value is -2.43. The second-order valence-corrected chi connectivity index (χ2v) is 5.71. The van der Waals surface area contributed by atoms with Gasteiger partial charge in [-0.2, -0.15) is 0 Å². The predicted octanol–water partition coefficient (Wildman–Crippen LogP) is 2.10. The Morgan fingerprint density at radius 2 is 2.00 bits per heavy atom. The highest BCUT2D eigenvalue weighted by Crippen LogP contribution is 2.22. The minimum Gasteiger partial charge on any atom is -0.370 e. The Labute approximate surface area is 129 Å². The number of carbonyl (C=O) groups is 2. The summed E-state index contributed by atoms with van der Waals surface area (Å²) >= 11 is 0. The van der Waals surface area contributed by atoms with Crippen molar-refractivity contribution in [2.24, 2.45) is 5.73 Å². The summed E-state index contributed by atoms with van der Waals surface area (Å²) in [5.41, 5.74) is 6.53. The minimum absolute atomic E-state index is 0.105. The maximum atomic E-state index is 12.7. The molecule has 0 aliphatic carbocycles. The van der Waals surface area contributed by atoms with Crippen LogP contribution in [-0.4, -0.2) is 34.3 Å². The fourth-order valence-corrected chi connectivity index (χ4v) is 3.04. The van der Waals surface area contributed by atoms with Gasteiger partial charge in [-0.25, -0.2) is 4.98 Å². The first-order valence-electron chi connectivity index (χ1n) is 7.60. The SMILES string of the molecule is NC(=O)C[C@H]1CCCCN1C(=O)c1ccc2ccccc2n1. The molecule has 1 aromatic heterocycles. The average Bonchev–Trinajstić information content (AvgIpc) is 2.54. The molecule has 1 atom stereocenters. The summed E-state index contributed by atoms with van der Waals surface area (Å²) < 4.78 is 0. The molecule has 1 aromatic carbocycles. The molecule has 0 saturated carbocycles. The van der Waals surface area contributed by atoms with E-state index in [0.717, 1.165) is 30.2 Å². The maximum Gasteiger partial charge on any atom is 0.272 e. The normalized spacial score (nSPS) is 18.4. The number of benzene rings is 1. The van der Waals surface area contributed by atoms with Crippen LogP contribution in [0, 0.1) is 0 Å². The van der Waals surface area contributed by atoms with E-state index in [1.165, 1.54) is 0 Å². The van der Waals surface area contributed by atoms with Crippen molar-refractivity contribution in [3.63, 3.8) is 0 Å². The molecule has 3 rings (SSSR count). The summed E-state index contributed by atoms with van der Waals surface area (Å²) in [6, 6.07) is 11.3. The first-order chi connectivity index (χ1) is 10.6. The third-order valence-corrected chi connectivity index (χ3v) is 4.14. The number of likely N-dealkylation sites (tertiary alicyclic amines) is 1. The van der Waals surface area contributed by atoms with E-state index in [0.29, 0.717) is 12.2 Å². The Morgan fingerprint density at radius 1 is 1.18 bits per heavy atom. The molecule has 0 radical (unpaired) electrons. The number of nitrogens with two attached hydrogens (primary N) is 1. The second kappa shape index (κ2) is 6.13. The predicted molar refractivity (Wildman–Crippen MR) is 84.2 cm³/mol. The van der Waals surface area contributed by atoms with Crippen LogP contribution in [0.15, 0.2) is 36.4 Å². The molecule has 114 valence electrons. The zero-order chi connectivity index (χ0) is 15.5. The van der Waals surface area contributed by atoms with Crippen molar-refractivity contribution in [1.82, 2.24) is 9.88 Å². The fraction of sp³-hybridized carbons (Fsp3) is 0.353. The summed E-state index contributed by atoms with van der Waals surface area (Å²) in [7, 11) is 0. The Kier molecular flexibility index (Phi) is 4.04. The number of nitrogens with zero attached hydrogens (tertiary/aromatic N) is 2. The van der Waals surface area contributed by atoms with Crippen molar-refractivity contribution in [3.05, 3.63) is 42.1 Å². The van der Waals surface area contributed by atoms with E-state index in [9.17, 15) is 9.59 Å². The molecular formula is C17H19N3O2. The van der Waals surface area contributed by atoms with E-state index in [1.54, 1.807) is 11.0 Å². The standard InChI is InChI=1S/C17H19N3O2/c18-16(21)11-13-6-3-4-10-20(13)17(22)15-9-8-12-5-1-2-7-14(12)19-15/h1-2,5,7-9,13H,3-4,6,10-11H2,(H2,18,21)/t13-/m1/s1. The van der Waals surface area contributed by atoms with Gasteiger partial charge in [0.05, 0.1) is 5.52 Å². The van der Waals surface area contributed by atoms with E-state index >= 15 is 0 Å². The summed E-state index contributed by atoms with van der Waals surface area (Å²) in [6.07, 6.45) is 3.02. The first-order valence-corrected chi connectivity index (χ1v) is 7.60. The number of fused-ring (bicyclic) bond motifs is 1. The minimum atomic E-state index is -0.365. The summed E-state index contributed by atoms with van der Waals surface area (Å²) in [5.74, 6) is -0.479. The van der Waals surface area contributed by atoms with Gasteiger partial charge in [0.1, 0.15) is 5.69 Å². The number of hydrogen-bond donors (Lipinski definition) is 1. The van der Waals surface area contributed by atoms with Crippen LogP contribution < -0.4 is 5.73 Å². The van der Waals surface area contributed by atoms with E-state index in [2.05, 4.69) is 4.98 Å². The van der Waals surface area contributed by atoms with E-state index in [1.807, 2.05) is 30.3 Å². The number of hydrogen-bond acceptors (Lipinski definition) is 3. The van der Waals surface area contributed by atoms with Crippen molar-refractivity contribution >= 4 is 22.7 Å². The lowest BCUT2D eigenvalue weighted by Crippen LogP contribution is -2.45. The van der Waals surface area contributed by atoms with Gasteiger partial charge in [0.25, 0.3) is 5.91 Å². The van der Waals surface area contributed by atoms with E-state index in [4.69, 9.17) is 5.73 Å². The van der Waals surface area contributed by atoms with Crippen molar-refractivity contribution in [2.45, 2.75) is 31.7 Å². The molecule has 0 spiro atoms. The lowest BCUT2D eigenvalue weighted by Gasteiger charge is -2.35. The average molecular weight is 297 g/mol. The van der Waals surface area contributed by atoms with Crippen LogP contribution in [0.3, 0.4) is 0 Å². The van der Waals surface area contributed by atoms with Crippen LogP contribution in [-0.2, 0) is 4.79 Å².